The molecule has 0 aliphatic carbocycles. The van der Waals surface area contributed by atoms with Crippen molar-refractivity contribution in [2.75, 3.05) is 0 Å². The zero-order valence-corrected chi connectivity index (χ0v) is 11.2. The van der Waals surface area contributed by atoms with Gasteiger partial charge in [-0.1, -0.05) is 0 Å². The van der Waals surface area contributed by atoms with Gasteiger partial charge in [-0.3, -0.25) is 0 Å². The molecule has 0 heterocycles. The Hall–Kier alpha value is -1.96. The van der Waals surface area contributed by atoms with E-state index in [4.69, 9.17) is 0 Å². The lowest BCUT2D eigenvalue weighted by Gasteiger charge is -2.12. The van der Waals surface area contributed by atoms with E-state index < -0.39 is 0 Å². The van der Waals surface area contributed by atoms with Crippen molar-refractivity contribution in [3.63, 3.8) is 0 Å². The zero-order valence-electron chi connectivity index (χ0n) is 11.2. The van der Waals surface area contributed by atoms with Crippen molar-refractivity contribution in [1.29, 1.82) is 0 Å². The van der Waals surface area contributed by atoms with E-state index in [1.165, 1.54) is 0 Å². The lowest BCUT2D eigenvalue weighted by Crippen LogP contribution is -1.89. The van der Waals surface area contributed by atoms with Crippen LogP contribution in [0, 0.1) is 27.7 Å². The maximum atomic E-state index is 10.0. The minimum absolute atomic E-state index is 0.205. The number of aryl methyl sites for hydroxylation is 4. The van der Waals surface area contributed by atoms with E-state index in [0.29, 0.717) is 11.1 Å². The van der Waals surface area contributed by atoms with Gasteiger partial charge in [-0.15, -0.1) is 0 Å². The Labute approximate surface area is 108 Å². The molecule has 2 nitrogen and oxygen atoms in total. The van der Waals surface area contributed by atoms with Gasteiger partial charge in [0.25, 0.3) is 0 Å². The third kappa shape index (κ3) is 2.06. The summed E-state index contributed by atoms with van der Waals surface area (Å²) in [6.45, 7) is 7.91. The highest BCUT2D eigenvalue weighted by molar-refractivity contribution is 5.77. The lowest BCUT2D eigenvalue weighted by atomic mass is 9.95. The van der Waals surface area contributed by atoms with E-state index >= 15 is 0 Å². The molecule has 18 heavy (non-hydrogen) atoms. The fourth-order valence-corrected chi connectivity index (χ4v) is 2.03. The Morgan fingerprint density at radius 3 is 1.17 bits per heavy atom. The van der Waals surface area contributed by atoms with Gasteiger partial charge in [0, 0.05) is 11.1 Å². The fourth-order valence-electron chi connectivity index (χ4n) is 2.03. The topological polar surface area (TPSA) is 40.5 Å². The molecule has 0 aliphatic heterocycles. The summed E-state index contributed by atoms with van der Waals surface area (Å²) in [5, 5.41) is 20.1. The molecule has 0 bridgehead atoms. The van der Waals surface area contributed by atoms with Gasteiger partial charge in [-0.05, 0) is 74.2 Å². The molecule has 0 saturated heterocycles. The molecule has 94 valence electrons. The smallest absolute Gasteiger partial charge is 0.123 e. The molecule has 0 aliphatic rings. The van der Waals surface area contributed by atoms with Crippen molar-refractivity contribution in [3.05, 3.63) is 46.5 Å². The average molecular weight is 242 g/mol. The van der Waals surface area contributed by atoms with Gasteiger partial charge >= 0.3 is 0 Å². The second kappa shape index (κ2) is 4.37. The van der Waals surface area contributed by atoms with Crippen molar-refractivity contribution in [2.24, 2.45) is 0 Å². The summed E-state index contributed by atoms with van der Waals surface area (Å²) in [5.74, 6) is 0.410. The summed E-state index contributed by atoms with van der Waals surface area (Å²) < 4.78 is 0. The number of phenols is 2. The third-order valence-electron chi connectivity index (χ3n) is 3.51. The second-order valence-electron chi connectivity index (χ2n) is 4.91. The first kappa shape index (κ1) is 12.5. The molecule has 2 aromatic rings. The Balaban J connectivity index is 2.69. The molecule has 0 aromatic heterocycles. The molecule has 0 spiro atoms. The standard InChI is InChI=1S/C16H18O2/c1-9-5-13(15(17)7-11(9)3)14-6-10(2)12(4)8-16(14)18/h5-8,17-18H,1-4H3. The maximum absolute atomic E-state index is 10.0. The van der Waals surface area contributed by atoms with Crippen molar-refractivity contribution in [2.45, 2.75) is 27.7 Å². The van der Waals surface area contributed by atoms with Crippen molar-refractivity contribution < 1.29 is 10.2 Å². The molecule has 2 rings (SSSR count). The average Bonchev–Trinajstić information content (AvgIpc) is 2.29. The van der Waals surface area contributed by atoms with Crippen LogP contribution < -0.4 is 0 Å². The van der Waals surface area contributed by atoms with Crippen molar-refractivity contribution in [3.8, 4) is 22.6 Å². The monoisotopic (exact) mass is 242 g/mol. The molecule has 0 radical (unpaired) electrons. The van der Waals surface area contributed by atoms with Gasteiger partial charge in [0.15, 0.2) is 0 Å². The Morgan fingerprint density at radius 2 is 0.833 bits per heavy atom. The molecular weight excluding hydrogens is 224 g/mol. The van der Waals surface area contributed by atoms with Crippen LogP contribution in [0.1, 0.15) is 22.3 Å². The highest BCUT2D eigenvalue weighted by atomic mass is 16.3. The fraction of sp³-hybridized carbons (Fsp3) is 0.250. The van der Waals surface area contributed by atoms with E-state index in [2.05, 4.69) is 0 Å². The summed E-state index contributed by atoms with van der Waals surface area (Å²) in [6, 6.07) is 7.29. The Morgan fingerprint density at radius 1 is 0.556 bits per heavy atom. The Bertz CT molecular complexity index is 557. The SMILES string of the molecule is Cc1cc(O)c(-c2cc(C)c(C)cc2O)cc1C. The van der Waals surface area contributed by atoms with Crippen LogP contribution in [0.25, 0.3) is 11.1 Å². The summed E-state index contributed by atoms with van der Waals surface area (Å²) in [4.78, 5) is 0. The highest BCUT2D eigenvalue weighted by Crippen LogP contribution is 2.38. The first-order chi connectivity index (χ1) is 8.40. The molecule has 0 amide bonds. The van der Waals surface area contributed by atoms with Crippen molar-refractivity contribution in [1.82, 2.24) is 0 Å². The van der Waals surface area contributed by atoms with Crippen LogP contribution in [-0.2, 0) is 0 Å². The Kier molecular flexibility index (Phi) is 3.04. The van der Waals surface area contributed by atoms with Crippen LogP contribution in [0.15, 0.2) is 24.3 Å². The lowest BCUT2D eigenvalue weighted by molar-refractivity contribution is 0.468. The van der Waals surface area contributed by atoms with Gasteiger partial charge in [-0.25, -0.2) is 0 Å². The number of hydrogen-bond acceptors (Lipinski definition) is 2. The van der Waals surface area contributed by atoms with E-state index in [1.54, 1.807) is 12.1 Å². The quantitative estimate of drug-likeness (QED) is 0.793. The van der Waals surface area contributed by atoms with Crippen molar-refractivity contribution >= 4 is 0 Å². The van der Waals surface area contributed by atoms with Gasteiger partial charge in [0.2, 0.25) is 0 Å². The first-order valence-electron chi connectivity index (χ1n) is 6.01. The van der Waals surface area contributed by atoms with Gasteiger partial charge in [0.05, 0.1) is 0 Å². The summed E-state index contributed by atoms with van der Waals surface area (Å²) in [6.07, 6.45) is 0. The van der Waals surface area contributed by atoms with E-state index in [1.807, 2.05) is 39.8 Å². The van der Waals surface area contributed by atoms with Crippen LogP contribution in [0.2, 0.25) is 0 Å². The van der Waals surface area contributed by atoms with E-state index in [-0.39, 0.29) is 11.5 Å². The zero-order chi connectivity index (χ0) is 13.4. The van der Waals surface area contributed by atoms with Gasteiger partial charge in [-0.2, -0.15) is 0 Å². The van der Waals surface area contributed by atoms with Crippen LogP contribution in [0.4, 0.5) is 0 Å². The highest BCUT2D eigenvalue weighted by Gasteiger charge is 2.12. The summed E-state index contributed by atoms with van der Waals surface area (Å²) in [7, 11) is 0. The van der Waals surface area contributed by atoms with E-state index in [0.717, 1.165) is 22.3 Å². The minimum Gasteiger partial charge on any atom is -0.507 e. The minimum atomic E-state index is 0.205. The van der Waals surface area contributed by atoms with E-state index in [9.17, 15) is 10.2 Å². The van der Waals surface area contributed by atoms with Crippen LogP contribution >= 0.6 is 0 Å². The molecule has 2 aromatic carbocycles. The molecular formula is C16H18O2. The first-order valence-corrected chi connectivity index (χ1v) is 6.01. The maximum Gasteiger partial charge on any atom is 0.123 e. The normalized spacial score (nSPS) is 10.7. The molecule has 0 saturated carbocycles. The number of benzene rings is 2. The third-order valence-corrected chi connectivity index (χ3v) is 3.51. The summed E-state index contributed by atoms with van der Waals surface area (Å²) in [5.41, 5.74) is 5.64. The van der Waals surface area contributed by atoms with Gasteiger partial charge < -0.3 is 10.2 Å². The largest absolute Gasteiger partial charge is 0.507 e. The van der Waals surface area contributed by atoms with Gasteiger partial charge in [0.1, 0.15) is 11.5 Å². The number of rotatable bonds is 1. The predicted octanol–water partition coefficient (Wildman–Crippen LogP) is 4.00. The molecule has 0 unspecified atom stereocenters. The molecule has 0 atom stereocenters. The van der Waals surface area contributed by atoms with Crippen LogP contribution in [0.5, 0.6) is 11.5 Å². The number of aromatic hydroxyl groups is 2. The number of hydrogen-bond donors (Lipinski definition) is 2. The molecule has 2 N–H and O–H groups in total. The predicted molar refractivity (Wildman–Crippen MR) is 74.2 cm³/mol. The second-order valence-corrected chi connectivity index (χ2v) is 4.91. The number of phenolic OH excluding ortho intramolecular Hbond substituents is 2. The molecule has 0 fully saturated rings. The van der Waals surface area contributed by atoms with Crippen LogP contribution in [0.3, 0.4) is 0 Å². The van der Waals surface area contributed by atoms with Crippen LogP contribution in [-0.4, -0.2) is 10.2 Å². The molecule has 2 heteroatoms. The summed E-state index contributed by atoms with van der Waals surface area (Å²) >= 11 is 0.